The lowest BCUT2D eigenvalue weighted by Crippen LogP contribution is -2.28. The van der Waals surface area contributed by atoms with Crippen LogP contribution < -0.4 is 0 Å². The topological polar surface area (TPSA) is 22.2 Å². The van der Waals surface area contributed by atoms with Gasteiger partial charge in [-0.1, -0.05) is 140 Å². The van der Waals surface area contributed by atoms with Crippen molar-refractivity contribution >= 4 is 59.0 Å². The van der Waals surface area contributed by atoms with Crippen molar-refractivity contribution in [3.05, 3.63) is 210 Å². The maximum Gasteiger partial charge on any atom is 0.109 e. The van der Waals surface area contributed by atoms with E-state index in [0.29, 0.717) is 0 Å². The van der Waals surface area contributed by atoms with E-state index in [1.54, 1.807) is 0 Å². The predicted octanol–water partition coefficient (Wildman–Crippen LogP) is 12.8. The summed E-state index contributed by atoms with van der Waals surface area (Å²) < 4.78 is 5.83. The van der Waals surface area contributed by atoms with Gasteiger partial charge in [0.25, 0.3) is 0 Å². The molecule has 0 saturated heterocycles. The molecule has 7 aromatic carbocycles. The fourth-order valence-electron chi connectivity index (χ4n) is 9.45. The van der Waals surface area contributed by atoms with Crippen molar-refractivity contribution in [2.24, 2.45) is 0 Å². The molecule has 0 bridgehead atoms. The van der Waals surface area contributed by atoms with E-state index in [1.807, 2.05) is 22.0 Å². The number of fused-ring (bicyclic) bond motifs is 11. The molecule has 4 heteroatoms. The molecular weight excluding hydrogens is 675 g/mol. The molecule has 11 aromatic rings. The summed E-state index contributed by atoms with van der Waals surface area (Å²) in [5, 5.41) is 9.95. The van der Waals surface area contributed by atoms with Gasteiger partial charge in [-0.25, -0.2) is 4.52 Å². The predicted molar refractivity (Wildman–Crippen MR) is 225 cm³/mol. The fourth-order valence-corrected chi connectivity index (χ4v) is 10.7. The fraction of sp³-hybridized carbons (Fsp3) is 0.0200. The molecule has 0 radical (unpaired) electrons. The normalized spacial score (nSPS) is 13.3. The van der Waals surface area contributed by atoms with Crippen LogP contribution in [0.1, 0.15) is 22.3 Å². The molecule has 0 N–H and O–H groups in total. The molecule has 0 aliphatic heterocycles. The molecule has 3 nitrogen and oxygen atoms in total. The number of benzene rings is 7. The summed E-state index contributed by atoms with van der Waals surface area (Å²) in [4.78, 5) is 1.26. The number of hydrogen-bond acceptors (Lipinski definition) is 2. The minimum atomic E-state index is -0.463. The van der Waals surface area contributed by atoms with Gasteiger partial charge in [-0.15, -0.1) is 11.3 Å². The smallest absolute Gasteiger partial charge is 0.109 e. The third-order valence-corrected chi connectivity index (χ3v) is 12.8. The Bertz CT molecular complexity index is 3240. The van der Waals surface area contributed by atoms with Crippen LogP contribution in [0.3, 0.4) is 0 Å². The minimum Gasteiger partial charge on any atom is -0.301 e. The van der Waals surface area contributed by atoms with Crippen LogP contribution in [0.4, 0.5) is 0 Å². The van der Waals surface area contributed by atoms with Gasteiger partial charge >= 0.3 is 0 Å². The first-order chi connectivity index (χ1) is 26.8. The van der Waals surface area contributed by atoms with E-state index in [1.165, 1.54) is 75.7 Å². The summed E-state index contributed by atoms with van der Waals surface area (Å²) in [7, 11) is 0. The number of pyridine rings is 1. The molecular formula is C50H31N3S. The van der Waals surface area contributed by atoms with Gasteiger partial charge in [-0.3, -0.25) is 0 Å². The van der Waals surface area contributed by atoms with Crippen LogP contribution in [0.25, 0.3) is 75.6 Å². The first-order valence-electron chi connectivity index (χ1n) is 18.5. The van der Waals surface area contributed by atoms with Crippen LogP contribution in [-0.2, 0) is 5.41 Å². The first kappa shape index (κ1) is 29.8. The molecule has 252 valence electrons. The summed E-state index contributed by atoms with van der Waals surface area (Å²) in [6.07, 6.45) is 2.05. The molecule has 4 aromatic heterocycles. The Morgan fingerprint density at radius 1 is 0.500 bits per heavy atom. The van der Waals surface area contributed by atoms with Crippen molar-refractivity contribution in [3.63, 3.8) is 0 Å². The van der Waals surface area contributed by atoms with Crippen molar-refractivity contribution < 1.29 is 0 Å². The van der Waals surface area contributed by atoms with Crippen LogP contribution in [-0.4, -0.2) is 14.2 Å². The molecule has 0 atom stereocenters. The number of rotatable bonds is 4. The van der Waals surface area contributed by atoms with Gasteiger partial charge in [-0.05, 0) is 81.4 Å². The molecule has 0 fully saturated rings. The highest BCUT2D eigenvalue weighted by Gasteiger charge is 2.46. The van der Waals surface area contributed by atoms with Crippen molar-refractivity contribution in [2.75, 3.05) is 0 Å². The summed E-state index contributed by atoms with van der Waals surface area (Å²) in [5.41, 5.74) is 14.2. The highest BCUT2D eigenvalue weighted by Crippen LogP contribution is 2.58. The molecule has 54 heavy (non-hydrogen) atoms. The molecule has 12 rings (SSSR count). The molecule has 0 spiro atoms. The summed E-state index contributed by atoms with van der Waals surface area (Å²) in [6.45, 7) is 0. The van der Waals surface area contributed by atoms with Crippen LogP contribution in [0, 0.1) is 0 Å². The highest BCUT2D eigenvalue weighted by molar-refractivity contribution is 7.25. The van der Waals surface area contributed by atoms with Crippen molar-refractivity contribution in [2.45, 2.75) is 5.41 Å². The number of thiophene rings is 1. The average molecular weight is 706 g/mol. The van der Waals surface area contributed by atoms with E-state index in [0.717, 1.165) is 22.1 Å². The van der Waals surface area contributed by atoms with Crippen molar-refractivity contribution in [3.8, 4) is 27.9 Å². The average Bonchev–Trinajstić information content (AvgIpc) is 3.97. The largest absolute Gasteiger partial charge is 0.301 e. The second kappa shape index (κ2) is 11.1. The van der Waals surface area contributed by atoms with E-state index >= 15 is 0 Å². The zero-order valence-corrected chi connectivity index (χ0v) is 30.0. The Kier molecular flexibility index (Phi) is 6.14. The quantitative estimate of drug-likeness (QED) is 0.179. The molecule has 1 aliphatic carbocycles. The first-order valence-corrected chi connectivity index (χ1v) is 19.3. The van der Waals surface area contributed by atoms with E-state index < -0.39 is 5.41 Å². The molecule has 1 aliphatic rings. The Morgan fingerprint density at radius 3 is 2.04 bits per heavy atom. The van der Waals surface area contributed by atoms with Crippen LogP contribution in [0.5, 0.6) is 0 Å². The van der Waals surface area contributed by atoms with E-state index in [4.69, 9.17) is 5.10 Å². The second-order valence-electron chi connectivity index (χ2n) is 14.3. The lowest BCUT2D eigenvalue weighted by molar-refractivity contribution is 0.769. The van der Waals surface area contributed by atoms with Gasteiger partial charge in [0.2, 0.25) is 0 Å². The van der Waals surface area contributed by atoms with Gasteiger partial charge in [0.1, 0.15) is 4.83 Å². The summed E-state index contributed by atoms with van der Waals surface area (Å²) in [5.74, 6) is 0. The second-order valence-corrected chi connectivity index (χ2v) is 15.4. The van der Waals surface area contributed by atoms with Crippen molar-refractivity contribution in [1.82, 2.24) is 14.2 Å². The lowest BCUT2D eigenvalue weighted by Gasteiger charge is -2.34. The van der Waals surface area contributed by atoms with Crippen molar-refractivity contribution in [1.29, 1.82) is 0 Å². The van der Waals surface area contributed by atoms with Crippen LogP contribution >= 0.6 is 11.3 Å². The molecule has 4 heterocycles. The number of hydrogen-bond donors (Lipinski definition) is 0. The zero-order valence-electron chi connectivity index (χ0n) is 29.1. The third-order valence-electron chi connectivity index (χ3n) is 11.6. The van der Waals surface area contributed by atoms with Crippen LogP contribution in [0.15, 0.2) is 188 Å². The Morgan fingerprint density at radius 2 is 1.20 bits per heavy atom. The third kappa shape index (κ3) is 3.92. The van der Waals surface area contributed by atoms with Gasteiger partial charge < -0.3 is 4.57 Å². The van der Waals surface area contributed by atoms with Crippen LogP contribution in [0.2, 0.25) is 0 Å². The molecule has 0 saturated carbocycles. The monoisotopic (exact) mass is 705 g/mol. The maximum atomic E-state index is 4.90. The van der Waals surface area contributed by atoms with E-state index in [2.05, 4.69) is 187 Å². The Hall–Kier alpha value is -6.75. The molecule has 0 unspecified atom stereocenters. The van der Waals surface area contributed by atoms with Gasteiger partial charge in [0, 0.05) is 43.7 Å². The summed E-state index contributed by atoms with van der Waals surface area (Å²) >= 11 is 1.88. The summed E-state index contributed by atoms with van der Waals surface area (Å²) in [6, 6.07) is 67.0. The lowest BCUT2D eigenvalue weighted by atomic mass is 9.67. The van der Waals surface area contributed by atoms with Gasteiger partial charge in [-0.2, -0.15) is 5.10 Å². The maximum absolute atomic E-state index is 4.90. The SMILES string of the molecule is c1ccc(C2(c3ccccc3)c3ccccc3-c3cc4c(cc32)c2c3ccccc3sc2n4-c2cccc(-c3cccn4nc5ccccc5c34)c2)cc1. The molecule has 0 amide bonds. The zero-order chi connectivity index (χ0) is 35.4. The number of aromatic nitrogens is 3. The highest BCUT2D eigenvalue weighted by atomic mass is 32.1. The minimum absolute atomic E-state index is 0.463. The van der Waals surface area contributed by atoms with E-state index in [-0.39, 0.29) is 0 Å². The van der Waals surface area contributed by atoms with Gasteiger partial charge in [0.05, 0.1) is 22.0 Å². The van der Waals surface area contributed by atoms with Gasteiger partial charge in [0.15, 0.2) is 0 Å². The standard InChI is InChI=1S/C50H31N3S/c1-3-16-33(17-4-1)50(34-18-5-2-6-19-34)42-25-10-7-21-37(42)40-31-45-41(30-43(40)50)47-39-23-9-12-27-46(39)54-49(47)53(45)35-20-13-15-32(29-35)36-24-14-28-52-48(36)38-22-8-11-26-44(38)51-52/h1-31H. The Balaban J connectivity index is 1.19. The number of nitrogens with zero attached hydrogens (tertiary/aromatic N) is 3. The Labute approximate surface area is 315 Å². The van der Waals surface area contributed by atoms with E-state index in [9.17, 15) is 0 Å².